The van der Waals surface area contributed by atoms with Gasteiger partial charge in [-0.05, 0) is 25.6 Å². The smallest absolute Gasteiger partial charge is 0.345 e. The number of carbonyl (C=O) groups is 1. The fourth-order valence-electron chi connectivity index (χ4n) is 1.70. The topological polar surface area (TPSA) is 49.8 Å². The number of carboxylic acid groups (broad SMARTS) is 1. The number of hydrogen-bond acceptors (Lipinski definition) is 4. The van der Waals surface area contributed by atoms with Gasteiger partial charge in [0.2, 0.25) is 0 Å². The lowest BCUT2D eigenvalue weighted by Crippen LogP contribution is -2.35. The van der Waals surface area contributed by atoms with Gasteiger partial charge in [-0.25, -0.2) is 4.79 Å². The number of aromatic carboxylic acids is 1. The maximum Gasteiger partial charge on any atom is 0.345 e. The minimum Gasteiger partial charge on any atom is -0.477 e. The summed E-state index contributed by atoms with van der Waals surface area (Å²) in [5.74, 6) is -0.853. The lowest BCUT2D eigenvalue weighted by atomic mass is 10.3. The second kappa shape index (κ2) is 6.74. The number of nitrogens with zero attached hydrogens (tertiary/aromatic N) is 1. The summed E-state index contributed by atoms with van der Waals surface area (Å²) in [6.45, 7) is 6.59. The molecule has 0 amide bonds. The first-order chi connectivity index (χ1) is 8.08. The molecule has 4 nitrogen and oxygen atoms in total. The Morgan fingerprint density at radius 3 is 2.76 bits per heavy atom. The van der Waals surface area contributed by atoms with E-state index in [0.29, 0.717) is 17.5 Å². The molecule has 0 aliphatic carbocycles. The van der Waals surface area contributed by atoms with E-state index in [9.17, 15) is 4.79 Å². The molecule has 0 aliphatic heterocycles. The quantitative estimate of drug-likeness (QED) is 0.814. The van der Waals surface area contributed by atoms with Gasteiger partial charge in [0.1, 0.15) is 4.88 Å². The normalized spacial score (nSPS) is 12.9. The van der Waals surface area contributed by atoms with Gasteiger partial charge < -0.3 is 9.84 Å². The first-order valence-corrected chi connectivity index (χ1v) is 6.45. The van der Waals surface area contributed by atoms with Crippen molar-refractivity contribution in [1.82, 2.24) is 4.90 Å². The van der Waals surface area contributed by atoms with E-state index in [-0.39, 0.29) is 0 Å². The summed E-state index contributed by atoms with van der Waals surface area (Å²) in [6.07, 6.45) is 0. The van der Waals surface area contributed by atoms with Crippen LogP contribution in [0, 0.1) is 0 Å². The van der Waals surface area contributed by atoms with Crippen LogP contribution < -0.4 is 0 Å². The van der Waals surface area contributed by atoms with E-state index in [0.717, 1.165) is 18.0 Å². The molecule has 0 radical (unpaired) electrons. The first kappa shape index (κ1) is 14.2. The fraction of sp³-hybridized carbons (Fsp3) is 0.583. The van der Waals surface area contributed by atoms with Crippen molar-refractivity contribution in [2.45, 2.75) is 26.4 Å². The summed E-state index contributed by atoms with van der Waals surface area (Å²) < 4.78 is 5.14. The van der Waals surface area contributed by atoms with Gasteiger partial charge in [-0.2, -0.15) is 0 Å². The molecule has 5 heteroatoms. The largest absolute Gasteiger partial charge is 0.477 e. The molecular weight excluding hydrogens is 238 g/mol. The van der Waals surface area contributed by atoms with E-state index in [1.165, 1.54) is 11.3 Å². The van der Waals surface area contributed by atoms with E-state index in [1.54, 1.807) is 13.2 Å². The summed E-state index contributed by atoms with van der Waals surface area (Å²) >= 11 is 1.34. The van der Waals surface area contributed by atoms with Crippen molar-refractivity contribution in [1.29, 1.82) is 0 Å². The van der Waals surface area contributed by atoms with Gasteiger partial charge >= 0.3 is 5.97 Å². The van der Waals surface area contributed by atoms with Crippen molar-refractivity contribution in [3.8, 4) is 0 Å². The third kappa shape index (κ3) is 4.11. The molecule has 1 rings (SSSR count). The fourth-order valence-corrected chi connectivity index (χ4v) is 2.58. The van der Waals surface area contributed by atoms with Crippen LogP contribution in [0.2, 0.25) is 0 Å². The Morgan fingerprint density at radius 2 is 2.29 bits per heavy atom. The Balaban J connectivity index is 2.63. The van der Waals surface area contributed by atoms with Crippen LogP contribution in [0.25, 0.3) is 0 Å². The zero-order valence-electron chi connectivity index (χ0n) is 10.5. The van der Waals surface area contributed by atoms with Gasteiger partial charge in [0.15, 0.2) is 0 Å². The van der Waals surface area contributed by atoms with Crippen molar-refractivity contribution in [3.63, 3.8) is 0 Å². The maximum atomic E-state index is 10.8. The molecule has 0 saturated carbocycles. The average molecular weight is 257 g/mol. The SMILES string of the molecule is CCN(Cc1ccc(C(=O)O)s1)C(C)COC. The molecule has 0 fully saturated rings. The van der Waals surface area contributed by atoms with Gasteiger partial charge in [0.05, 0.1) is 6.61 Å². The molecular formula is C12H19NO3S. The molecule has 1 aromatic rings. The highest BCUT2D eigenvalue weighted by molar-refractivity contribution is 7.13. The third-order valence-electron chi connectivity index (χ3n) is 2.67. The van der Waals surface area contributed by atoms with Crippen molar-refractivity contribution < 1.29 is 14.6 Å². The standard InChI is InChI=1S/C12H19NO3S/c1-4-13(9(2)8-16-3)7-10-5-6-11(17-10)12(14)15/h5-6,9H,4,7-8H2,1-3H3,(H,14,15). The van der Waals surface area contributed by atoms with Gasteiger partial charge in [-0.1, -0.05) is 6.92 Å². The van der Waals surface area contributed by atoms with Crippen molar-refractivity contribution in [2.24, 2.45) is 0 Å². The molecule has 96 valence electrons. The predicted octanol–water partition coefficient (Wildman–Crippen LogP) is 2.30. The van der Waals surface area contributed by atoms with Crippen molar-refractivity contribution >= 4 is 17.3 Å². The molecule has 0 aliphatic rings. The zero-order valence-corrected chi connectivity index (χ0v) is 11.3. The van der Waals surface area contributed by atoms with Crippen LogP contribution in [0.3, 0.4) is 0 Å². The average Bonchev–Trinajstić information content (AvgIpc) is 2.74. The van der Waals surface area contributed by atoms with E-state index < -0.39 is 5.97 Å². The Hall–Kier alpha value is -0.910. The van der Waals surface area contributed by atoms with Crippen LogP contribution in [0.5, 0.6) is 0 Å². The summed E-state index contributed by atoms with van der Waals surface area (Å²) in [7, 11) is 1.69. The summed E-state index contributed by atoms with van der Waals surface area (Å²) in [5.41, 5.74) is 0. The molecule has 1 atom stereocenters. The summed E-state index contributed by atoms with van der Waals surface area (Å²) in [6, 6.07) is 3.88. The van der Waals surface area contributed by atoms with Crippen LogP contribution in [0.1, 0.15) is 28.4 Å². The van der Waals surface area contributed by atoms with Gasteiger partial charge in [0.25, 0.3) is 0 Å². The van der Waals surface area contributed by atoms with E-state index in [1.807, 2.05) is 6.07 Å². The molecule has 1 N–H and O–H groups in total. The van der Waals surface area contributed by atoms with Crippen LogP contribution >= 0.6 is 11.3 Å². The Bertz CT molecular complexity index is 364. The Labute approximate surface area is 106 Å². The highest BCUT2D eigenvalue weighted by Gasteiger charge is 2.14. The number of hydrogen-bond donors (Lipinski definition) is 1. The highest BCUT2D eigenvalue weighted by Crippen LogP contribution is 2.19. The summed E-state index contributed by atoms with van der Waals surface area (Å²) in [5, 5.41) is 8.86. The van der Waals surface area contributed by atoms with Crippen LogP contribution in [-0.2, 0) is 11.3 Å². The van der Waals surface area contributed by atoms with E-state index >= 15 is 0 Å². The number of rotatable bonds is 7. The zero-order chi connectivity index (χ0) is 12.8. The van der Waals surface area contributed by atoms with E-state index in [2.05, 4.69) is 18.7 Å². The lowest BCUT2D eigenvalue weighted by Gasteiger charge is -2.26. The van der Waals surface area contributed by atoms with Crippen LogP contribution in [-0.4, -0.2) is 42.3 Å². The first-order valence-electron chi connectivity index (χ1n) is 5.63. The molecule has 0 spiro atoms. The Morgan fingerprint density at radius 1 is 1.59 bits per heavy atom. The molecule has 0 saturated heterocycles. The number of likely N-dealkylation sites (N-methyl/N-ethyl adjacent to an activating group) is 1. The van der Waals surface area contributed by atoms with Crippen molar-refractivity contribution in [3.05, 3.63) is 21.9 Å². The van der Waals surface area contributed by atoms with Gasteiger partial charge in [0, 0.05) is 24.6 Å². The second-order valence-electron chi connectivity index (χ2n) is 3.94. The lowest BCUT2D eigenvalue weighted by molar-refractivity contribution is 0.0702. The number of carboxylic acids is 1. The second-order valence-corrected chi connectivity index (χ2v) is 5.11. The van der Waals surface area contributed by atoms with Crippen LogP contribution in [0.15, 0.2) is 12.1 Å². The van der Waals surface area contributed by atoms with Crippen molar-refractivity contribution in [2.75, 3.05) is 20.3 Å². The molecule has 1 unspecified atom stereocenters. The monoisotopic (exact) mass is 257 g/mol. The number of methoxy groups -OCH3 is 1. The predicted molar refractivity (Wildman–Crippen MR) is 68.7 cm³/mol. The van der Waals surface area contributed by atoms with E-state index in [4.69, 9.17) is 9.84 Å². The van der Waals surface area contributed by atoms with Crippen LogP contribution in [0.4, 0.5) is 0 Å². The molecule has 0 aromatic carbocycles. The van der Waals surface area contributed by atoms with Gasteiger partial charge in [-0.3, -0.25) is 4.90 Å². The maximum absolute atomic E-state index is 10.8. The molecule has 17 heavy (non-hydrogen) atoms. The molecule has 1 heterocycles. The molecule has 1 aromatic heterocycles. The minimum absolute atomic E-state index is 0.334. The number of ether oxygens (including phenoxy) is 1. The minimum atomic E-state index is -0.853. The summed E-state index contributed by atoms with van der Waals surface area (Å²) in [4.78, 5) is 14.5. The molecule has 0 bridgehead atoms. The third-order valence-corrected chi connectivity index (χ3v) is 3.73. The van der Waals surface area contributed by atoms with Gasteiger partial charge in [-0.15, -0.1) is 11.3 Å². The highest BCUT2D eigenvalue weighted by atomic mass is 32.1. The number of thiophene rings is 1. The Kier molecular flexibility index (Phi) is 5.61.